The van der Waals surface area contributed by atoms with Gasteiger partial charge in [0.15, 0.2) is 5.76 Å². The molecule has 5 nitrogen and oxygen atoms in total. The van der Waals surface area contributed by atoms with E-state index < -0.39 is 0 Å². The molecule has 3 saturated heterocycles. The number of carbonyl (C=O) groups is 1. The summed E-state index contributed by atoms with van der Waals surface area (Å²) in [5, 5.41) is 3.75. The number of ether oxygens (including phenoxy) is 1. The summed E-state index contributed by atoms with van der Waals surface area (Å²) in [6, 6.07) is 10.9. The molecule has 1 atom stereocenters. The molecule has 132 valence electrons. The molecule has 1 N–H and O–H groups in total. The predicted octanol–water partition coefficient (Wildman–Crippen LogP) is 3.34. The molecular weight excluding hydrogens is 340 g/mol. The number of carbonyl (C=O) groups excluding carboxylic acids is 1. The molecule has 0 spiro atoms. The Balaban J connectivity index is 1.33. The molecule has 3 fully saturated rings. The lowest BCUT2D eigenvalue weighted by atomic mass is 9.84. The van der Waals surface area contributed by atoms with E-state index in [1.807, 2.05) is 12.1 Å². The Morgan fingerprint density at radius 3 is 2.84 bits per heavy atom. The minimum Gasteiger partial charge on any atom is -0.486 e. The average molecular weight is 361 g/mol. The van der Waals surface area contributed by atoms with Crippen molar-refractivity contribution >= 4 is 17.5 Å². The third kappa shape index (κ3) is 3.83. The van der Waals surface area contributed by atoms with Gasteiger partial charge in [-0.15, -0.1) is 0 Å². The zero-order valence-corrected chi connectivity index (χ0v) is 14.7. The molecule has 3 aliphatic rings. The van der Waals surface area contributed by atoms with Crippen LogP contribution >= 0.6 is 11.6 Å². The fourth-order valence-electron chi connectivity index (χ4n) is 3.66. The Kier molecular flexibility index (Phi) is 4.68. The van der Waals surface area contributed by atoms with Crippen molar-refractivity contribution in [1.29, 1.82) is 0 Å². The van der Waals surface area contributed by atoms with Gasteiger partial charge < -0.3 is 19.4 Å². The van der Waals surface area contributed by atoms with Crippen LogP contribution in [-0.4, -0.2) is 36.5 Å². The van der Waals surface area contributed by atoms with E-state index in [0.29, 0.717) is 28.2 Å². The third-order valence-electron chi connectivity index (χ3n) is 5.04. The molecule has 0 radical (unpaired) electrons. The van der Waals surface area contributed by atoms with Crippen molar-refractivity contribution in [1.82, 2.24) is 10.2 Å². The van der Waals surface area contributed by atoms with Gasteiger partial charge in [-0.05, 0) is 62.2 Å². The quantitative estimate of drug-likeness (QED) is 0.888. The first-order chi connectivity index (χ1) is 12.2. The molecule has 25 heavy (non-hydrogen) atoms. The number of hydrogen-bond acceptors (Lipinski definition) is 4. The Hall–Kier alpha value is -1.98. The third-order valence-corrected chi connectivity index (χ3v) is 5.27. The molecule has 4 heterocycles. The summed E-state index contributed by atoms with van der Waals surface area (Å²) in [6.45, 7) is 3.51. The van der Waals surface area contributed by atoms with Gasteiger partial charge in [-0.3, -0.25) is 4.79 Å². The van der Waals surface area contributed by atoms with Gasteiger partial charge in [-0.1, -0.05) is 17.7 Å². The van der Waals surface area contributed by atoms with E-state index in [9.17, 15) is 4.79 Å². The van der Waals surface area contributed by atoms with Gasteiger partial charge in [0.1, 0.15) is 18.1 Å². The molecule has 1 aromatic carbocycles. The second-order valence-corrected chi connectivity index (χ2v) is 7.17. The van der Waals surface area contributed by atoms with Crippen LogP contribution in [0.2, 0.25) is 5.02 Å². The van der Waals surface area contributed by atoms with Crippen molar-refractivity contribution in [3.05, 3.63) is 52.9 Å². The minimum absolute atomic E-state index is 0.146. The van der Waals surface area contributed by atoms with Crippen molar-refractivity contribution in [3.8, 4) is 5.75 Å². The van der Waals surface area contributed by atoms with E-state index in [1.165, 1.54) is 12.8 Å². The molecule has 1 amide bonds. The number of nitrogens with one attached hydrogen (secondary N) is 1. The van der Waals surface area contributed by atoms with Crippen LogP contribution in [0.4, 0.5) is 0 Å². The molecule has 1 aromatic heterocycles. The molecule has 0 aliphatic carbocycles. The van der Waals surface area contributed by atoms with Crippen LogP contribution < -0.4 is 10.1 Å². The molecule has 2 bridgehead atoms. The largest absolute Gasteiger partial charge is 0.486 e. The van der Waals surface area contributed by atoms with Crippen molar-refractivity contribution in [2.45, 2.75) is 25.5 Å². The van der Waals surface area contributed by atoms with Gasteiger partial charge >= 0.3 is 0 Å². The number of nitrogens with zero attached hydrogens (tertiary/aromatic N) is 1. The Labute approximate surface area is 151 Å². The van der Waals surface area contributed by atoms with Crippen LogP contribution in [0.15, 0.2) is 40.8 Å². The number of furan rings is 1. The van der Waals surface area contributed by atoms with Crippen LogP contribution in [0.5, 0.6) is 5.75 Å². The number of benzene rings is 1. The molecule has 2 aromatic rings. The highest BCUT2D eigenvalue weighted by molar-refractivity contribution is 6.30. The summed E-state index contributed by atoms with van der Waals surface area (Å²) < 4.78 is 11.3. The van der Waals surface area contributed by atoms with Crippen molar-refractivity contribution in [2.24, 2.45) is 5.92 Å². The van der Waals surface area contributed by atoms with Gasteiger partial charge in [0.25, 0.3) is 5.91 Å². The fraction of sp³-hybridized carbons (Fsp3) is 0.421. The number of hydrogen-bond donors (Lipinski definition) is 1. The standard InChI is InChI=1S/C19H21ClN2O3/c20-14-2-1-3-15(10-14)24-12-16-4-5-18(25-16)19(23)21-17-11-22-8-6-13(17)7-9-22/h1-5,10,13,17H,6-9,11-12H2,(H,21,23). The monoisotopic (exact) mass is 360 g/mol. The molecule has 1 unspecified atom stereocenters. The summed E-state index contributed by atoms with van der Waals surface area (Å²) in [4.78, 5) is 14.9. The minimum atomic E-state index is -0.146. The van der Waals surface area contributed by atoms with Gasteiger partial charge in [0.05, 0.1) is 0 Å². The van der Waals surface area contributed by atoms with Crippen LogP contribution in [-0.2, 0) is 6.61 Å². The zero-order chi connectivity index (χ0) is 17.2. The summed E-state index contributed by atoms with van der Waals surface area (Å²) in [5.41, 5.74) is 0. The van der Waals surface area contributed by atoms with E-state index in [1.54, 1.807) is 24.3 Å². The zero-order valence-electron chi connectivity index (χ0n) is 13.9. The second-order valence-electron chi connectivity index (χ2n) is 6.73. The van der Waals surface area contributed by atoms with Crippen molar-refractivity contribution in [2.75, 3.05) is 19.6 Å². The Morgan fingerprint density at radius 2 is 2.12 bits per heavy atom. The second kappa shape index (κ2) is 7.10. The van der Waals surface area contributed by atoms with E-state index in [4.69, 9.17) is 20.8 Å². The Bertz CT molecular complexity index is 753. The van der Waals surface area contributed by atoms with Gasteiger partial charge in [-0.25, -0.2) is 0 Å². The number of piperidine rings is 3. The highest BCUT2D eigenvalue weighted by Crippen LogP contribution is 2.27. The highest BCUT2D eigenvalue weighted by Gasteiger charge is 2.35. The summed E-state index contributed by atoms with van der Waals surface area (Å²) in [6.07, 6.45) is 2.34. The highest BCUT2D eigenvalue weighted by atomic mass is 35.5. The summed E-state index contributed by atoms with van der Waals surface area (Å²) >= 11 is 5.93. The van der Waals surface area contributed by atoms with E-state index in [2.05, 4.69) is 10.2 Å². The maximum Gasteiger partial charge on any atom is 0.287 e. The molecule has 0 saturated carbocycles. The van der Waals surface area contributed by atoms with E-state index in [0.717, 1.165) is 19.6 Å². The maximum absolute atomic E-state index is 12.4. The number of fused-ring (bicyclic) bond motifs is 3. The summed E-state index contributed by atoms with van der Waals surface area (Å²) in [5.74, 6) is 2.06. The SMILES string of the molecule is O=C(NC1CN2CCC1CC2)c1ccc(COc2cccc(Cl)c2)o1. The normalized spacial score (nSPS) is 24.9. The fourth-order valence-corrected chi connectivity index (χ4v) is 3.84. The number of amides is 1. The van der Waals surface area contributed by atoms with Crippen molar-refractivity contribution in [3.63, 3.8) is 0 Å². The Morgan fingerprint density at radius 1 is 1.28 bits per heavy atom. The molecule has 6 heteroatoms. The number of halogens is 1. The smallest absolute Gasteiger partial charge is 0.287 e. The maximum atomic E-state index is 12.4. The lowest BCUT2D eigenvalue weighted by molar-refractivity contribution is 0.0604. The first kappa shape index (κ1) is 16.5. The van der Waals surface area contributed by atoms with E-state index in [-0.39, 0.29) is 18.6 Å². The molecular formula is C19H21ClN2O3. The predicted molar refractivity (Wildman–Crippen MR) is 94.9 cm³/mol. The topological polar surface area (TPSA) is 54.7 Å². The van der Waals surface area contributed by atoms with Crippen LogP contribution in [0, 0.1) is 5.92 Å². The molecule has 3 aliphatic heterocycles. The van der Waals surface area contributed by atoms with E-state index >= 15 is 0 Å². The first-order valence-electron chi connectivity index (χ1n) is 8.68. The lowest BCUT2D eigenvalue weighted by Gasteiger charge is -2.44. The molecule has 5 rings (SSSR count). The van der Waals surface area contributed by atoms with Crippen LogP contribution in [0.25, 0.3) is 0 Å². The van der Waals surface area contributed by atoms with Crippen LogP contribution in [0.3, 0.4) is 0 Å². The van der Waals surface area contributed by atoms with Gasteiger partial charge in [0, 0.05) is 17.6 Å². The van der Waals surface area contributed by atoms with Gasteiger partial charge in [-0.2, -0.15) is 0 Å². The van der Waals surface area contributed by atoms with Gasteiger partial charge in [0.2, 0.25) is 0 Å². The lowest BCUT2D eigenvalue weighted by Crippen LogP contribution is -2.57. The van der Waals surface area contributed by atoms with Crippen molar-refractivity contribution < 1.29 is 13.9 Å². The number of rotatable bonds is 5. The van der Waals surface area contributed by atoms with Crippen LogP contribution in [0.1, 0.15) is 29.2 Å². The average Bonchev–Trinajstić information content (AvgIpc) is 3.10. The first-order valence-corrected chi connectivity index (χ1v) is 9.05. The summed E-state index contributed by atoms with van der Waals surface area (Å²) in [7, 11) is 0.